The molecule has 0 atom stereocenters. The van der Waals surface area contributed by atoms with E-state index in [2.05, 4.69) is 45.9 Å². The topological polar surface area (TPSA) is 321 Å². The van der Waals surface area contributed by atoms with Gasteiger partial charge >= 0.3 is 0 Å². The number of hydrogen-bond donors (Lipinski definition) is 0. The lowest BCUT2D eigenvalue weighted by Gasteiger charge is -2.08. The Balaban J connectivity index is 0.000000140. The van der Waals surface area contributed by atoms with Crippen molar-refractivity contribution in [1.82, 2.24) is 69.3 Å². The van der Waals surface area contributed by atoms with Gasteiger partial charge in [-0.2, -0.15) is 25.5 Å². The molecule has 7 aromatic heterocycles. The molecular weight excluding hydrogens is 1610 g/mol. The first-order chi connectivity index (χ1) is 58.5. The first kappa shape index (κ1) is 87.5. The van der Waals surface area contributed by atoms with Crippen molar-refractivity contribution in [2.24, 2.45) is 35.2 Å². The van der Waals surface area contributed by atoms with Crippen LogP contribution >= 0.6 is 34.3 Å². The smallest absolute Gasteiger partial charge is 0.274 e. The Morgan fingerprint density at radius 3 is 1.00 bits per heavy atom. The van der Waals surface area contributed by atoms with E-state index in [1.807, 2.05) is 142 Å². The minimum Gasteiger partial charge on any atom is -0.497 e. The number of aryl methyl sites for hydroxylation is 9. The molecule has 0 N–H and O–H groups in total. The summed E-state index contributed by atoms with van der Waals surface area (Å²) in [5, 5.41) is 47.5. The third kappa shape index (κ3) is 22.0. The third-order valence-corrected chi connectivity index (χ3v) is 21.9. The molecule has 25 nitrogen and oxygen atoms in total. The fourth-order valence-corrected chi connectivity index (χ4v) is 15.6. The van der Waals surface area contributed by atoms with E-state index in [9.17, 15) is 52.3 Å². The number of aromatic nitrogens is 14. The summed E-state index contributed by atoms with van der Waals surface area (Å²) in [5.74, 6) is 0.328. The highest BCUT2D eigenvalue weighted by Gasteiger charge is 2.21. The van der Waals surface area contributed by atoms with E-state index < -0.39 is 0 Å². The third-order valence-electron chi connectivity index (χ3n) is 19.8. The largest absolute Gasteiger partial charge is 0.497 e. The molecule has 0 aliphatic heterocycles. The van der Waals surface area contributed by atoms with Gasteiger partial charge in [-0.3, -0.25) is 47.9 Å². The number of ketones is 5. The molecule has 0 saturated heterocycles. The first-order valence-electron chi connectivity index (χ1n) is 38.7. The number of Topliss-reactive ketones (excluding diaryl/α,β-unsaturated/α-hetero) is 5. The number of nitrogens with zero attached hydrogens (tertiary/aromatic N) is 14. The summed E-state index contributed by atoms with van der Waals surface area (Å²) in [4.78, 5) is 123. The number of carbonyl (C=O) groups is 5. The maximum Gasteiger partial charge on any atom is 0.274 e. The average molecular weight is 1690 g/mol. The van der Waals surface area contributed by atoms with E-state index in [0.717, 1.165) is 59.7 Å². The molecule has 7 heterocycles. The molecule has 9 aromatic carbocycles. The Morgan fingerprint density at radius 2 is 0.656 bits per heavy atom. The summed E-state index contributed by atoms with van der Waals surface area (Å²) >= 11 is 9.01. The number of rotatable bonds is 22. The van der Waals surface area contributed by atoms with Crippen LogP contribution in [0.4, 0.5) is 4.39 Å². The zero-order valence-corrected chi connectivity index (χ0v) is 70.9. The fraction of sp³-hybridized carbons (Fsp3) is 0.215. The van der Waals surface area contributed by atoms with E-state index in [-0.39, 0.29) is 120 Å². The van der Waals surface area contributed by atoms with Crippen molar-refractivity contribution in [3.63, 3.8) is 0 Å². The van der Waals surface area contributed by atoms with Crippen molar-refractivity contribution in [2.75, 3.05) is 7.11 Å². The van der Waals surface area contributed by atoms with Gasteiger partial charge in [-0.1, -0.05) is 168 Å². The SMILES string of the molecule is COc1ccc(-c2nnc(CC(=O)Cc3nn(C)c(=O)c4ccccc34)s2)cc1.Cc1ccc(CC(=O)Cc2nn(C)c(=O)c3ccccc23)c(Cl)c1.Cc1ccc(CC(=O)Cc2nn(C)c(=O)c3ccccc23)c(F)c1.Cc1ccc(CC(=O)Cc2nn(C)c(=O)c3ccccc23)cc1.Cc1nnc(CC(=O)Cc2nn(C)c(=O)c3ccccc23)s1. The summed E-state index contributed by atoms with van der Waals surface area (Å²) in [6, 6.07) is 62.0. The van der Waals surface area contributed by atoms with Crippen LogP contribution in [0.3, 0.4) is 0 Å². The van der Waals surface area contributed by atoms with Crippen LogP contribution < -0.4 is 32.5 Å². The highest BCUT2D eigenvalue weighted by atomic mass is 35.5. The maximum atomic E-state index is 13.9. The van der Waals surface area contributed by atoms with E-state index in [1.165, 1.54) is 57.7 Å². The minimum absolute atomic E-state index is 0.00492. The summed E-state index contributed by atoms with van der Waals surface area (Å²) in [7, 11) is 9.57. The van der Waals surface area contributed by atoms with Gasteiger partial charge in [-0.05, 0) is 122 Å². The van der Waals surface area contributed by atoms with Crippen molar-refractivity contribution in [1.29, 1.82) is 0 Å². The van der Waals surface area contributed by atoms with Crippen LogP contribution in [0.5, 0.6) is 5.75 Å². The molecule has 0 bridgehead atoms. The van der Waals surface area contributed by atoms with E-state index in [4.69, 9.17) is 16.3 Å². The van der Waals surface area contributed by atoms with Gasteiger partial charge in [0, 0.05) is 92.0 Å². The molecule has 0 unspecified atom stereocenters. The Morgan fingerprint density at radius 1 is 0.344 bits per heavy atom. The summed E-state index contributed by atoms with van der Waals surface area (Å²) in [6.45, 7) is 7.63. The molecule has 0 aliphatic carbocycles. The van der Waals surface area contributed by atoms with Gasteiger partial charge in [-0.25, -0.2) is 27.8 Å². The molecule has 0 amide bonds. The Labute approximate surface area is 711 Å². The highest BCUT2D eigenvalue weighted by Crippen LogP contribution is 2.28. The second kappa shape index (κ2) is 39.8. The number of fused-ring (bicyclic) bond motifs is 5. The van der Waals surface area contributed by atoms with Gasteiger partial charge in [0.05, 0.1) is 107 Å². The van der Waals surface area contributed by atoms with Gasteiger partial charge in [0.25, 0.3) is 27.8 Å². The molecule has 16 aromatic rings. The van der Waals surface area contributed by atoms with Crippen LogP contribution in [-0.4, -0.2) is 105 Å². The lowest BCUT2D eigenvalue weighted by atomic mass is 10.0. The lowest BCUT2D eigenvalue weighted by molar-refractivity contribution is -0.118. The molecule has 0 saturated carbocycles. The van der Waals surface area contributed by atoms with E-state index in [0.29, 0.717) is 93.2 Å². The predicted octanol–water partition coefficient (Wildman–Crippen LogP) is 12.8. The predicted molar refractivity (Wildman–Crippen MR) is 472 cm³/mol. The fourth-order valence-electron chi connectivity index (χ4n) is 13.7. The van der Waals surface area contributed by atoms with Gasteiger partial charge in [0.1, 0.15) is 60.5 Å². The Kier molecular flexibility index (Phi) is 28.6. The van der Waals surface area contributed by atoms with E-state index in [1.54, 1.807) is 128 Å². The second-order valence-electron chi connectivity index (χ2n) is 29.2. The Bertz CT molecular complexity index is 6840. The summed E-state index contributed by atoms with van der Waals surface area (Å²) in [6.07, 6.45) is 1.79. The van der Waals surface area contributed by atoms with Crippen molar-refractivity contribution in [3.05, 3.63) is 346 Å². The number of methoxy groups -OCH3 is 1. The second-order valence-corrected chi connectivity index (χ2v) is 31.9. The molecule has 0 spiro atoms. The average Bonchev–Trinajstić information content (AvgIpc) is 0.875. The first-order valence-corrected chi connectivity index (χ1v) is 40.7. The maximum absolute atomic E-state index is 13.9. The van der Waals surface area contributed by atoms with Crippen LogP contribution in [0.25, 0.3) is 64.4 Å². The van der Waals surface area contributed by atoms with Gasteiger partial charge in [-0.15, -0.1) is 31.7 Å². The summed E-state index contributed by atoms with van der Waals surface area (Å²) < 4.78 is 25.4. The summed E-state index contributed by atoms with van der Waals surface area (Å²) in [5.41, 5.74) is 8.30. The van der Waals surface area contributed by atoms with Crippen LogP contribution in [0, 0.1) is 33.5 Å². The molecule has 0 radical (unpaired) electrons. The molecule has 0 aliphatic rings. The molecule has 618 valence electrons. The standard InChI is InChI=1S/C21H18N4O3S.C19H17ClN2O2.C19H17FN2O2.C19H18N2O2.C15H14N4O2S/c1-25-21(27)17-6-4-3-5-16(17)18(24-25)11-14(26)12-19-22-23-20(29-19)13-7-9-15(28-2)10-8-13;2*1-12-7-8-13(17(20)9-12)10-14(23)11-18-15-5-3-4-6-16(15)19(24)22(2)21-18;1-13-7-9-14(10-8-13)11-15(22)12-18-16-5-3-4-6-17(16)19(23)21(2)20-18;1-9-16-17-14(22-9)8-10(20)7-13-11-5-3-4-6-12(11)15(21)19(2)18-13/h3-10H,11-12H2,1-2H3;2*3-9H,10-11H2,1-2H3;3-10H,11-12H2,1-2H3;3-6H,7-8H2,1-2H3. The van der Waals surface area contributed by atoms with Crippen LogP contribution in [0.1, 0.15) is 76.9 Å². The number of benzene rings is 9. The molecule has 16 rings (SSSR count). The van der Waals surface area contributed by atoms with Crippen molar-refractivity contribution >= 4 is 117 Å². The van der Waals surface area contributed by atoms with Crippen LogP contribution in [0.2, 0.25) is 5.02 Å². The molecule has 29 heteroatoms. The minimum atomic E-state index is -0.373. The van der Waals surface area contributed by atoms with Gasteiger partial charge in [0.2, 0.25) is 0 Å². The monoisotopic (exact) mass is 1690 g/mol. The number of hydrogen-bond acceptors (Lipinski definition) is 22. The number of ether oxygens (including phenoxy) is 1. The quantitative estimate of drug-likeness (QED) is 0.0608. The normalized spacial score (nSPS) is 11.0. The van der Waals surface area contributed by atoms with Crippen LogP contribution in [-0.2, 0) is 123 Å². The number of halogens is 2. The molecule has 122 heavy (non-hydrogen) atoms. The highest BCUT2D eigenvalue weighted by molar-refractivity contribution is 7.14. The zero-order chi connectivity index (χ0) is 87.0. The molecular formula is C93H84ClFN14O11S2. The van der Waals surface area contributed by atoms with Crippen LogP contribution in [0.15, 0.2) is 230 Å². The number of carbonyl (C=O) groups excluding carboxylic acids is 5. The van der Waals surface area contributed by atoms with Gasteiger partial charge in [0.15, 0.2) is 0 Å². The zero-order valence-electron chi connectivity index (χ0n) is 68.5. The molecule has 0 fully saturated rings. The van der Waals surface area contributed by atoms with Gasteiger partial charge < -0.3 is 4.74 Å². The lowest BCUT2D eigenvalue weighted by Crippen LogP contribution is -2.22. The van der Waals surface area contributed by atoms with Crippen molar-refractivity contribution in [2.45, 2.75) is 91.9 Å². The van der Waals surface area contributed by atoms with E-state index >= 15 is 0 Å². The van der Waals surface area contributed by atoms with Crippen molar-refractivity contribution < 1.29 is 33.1 Å². The van der Waals surface area contributed by atoms with Crippen molar-refractivity contribution in [3.8, 4) is 16.3 Å². The Hall–Kier alpha value is -13.8.